The Morgan fingerprint density at radius 1 is 1.44 bits per heavy atom. The Balaban J connectivity index is 2.20. The number of sulfone groups is 1. The van der Waals surface area contributed by atoms with Gasteiger partial charge < -0.3 is 10.1 Å². The summed E-state index contributed by atoms with van der Waals surface area (Å²) >= 11 is 3.38. The Bertz CT molecular complexity index is 491. The van der Waals surface area contributed by atoms with Gasteiger partial charge in [0.15, 0.2) is 0 Å². The van der Waals surface area contributed by atoms with Crippen LogP contribution in [0.4, 0.5) is 5.82 Å². The molecule has 0 aliphatic carbocycles. The van der Waals surface area contributed by atoms with Gasteiger partial charge in [0.1, 0.15) is 15.7 Å². The van der Waals surface area contributed by atoms with Crippen molar-refractivity contribution in [1.29, 1.82) is 0 Å². The minimum absolute atomic E-state index is 0.0582. The summed E-state index contributed by atoms with van der Waals surface area (Å²) in [6, 6.07) is 1.93. The first kappa shape index (κ1) is 15.4. The van der Waals surface area contributed by atoms with Gasteiger partial charge in [-0.3, -0.25) is 0 Å². The molecule has 102 valence electrons. The average molecular weight is 337 g/mol. The van der Waals surface area contributed by atoms with Crippen LogP contribution in [0.1, 0.15) is 5.56 Å². The lowest BCUT2D eigenvalue weighted by Crippen LogP contribution is -2.15. The second-order valence-electron chi connectivity index (χ2n) is 3.99. The number of aryl methyl sites for hydroxylation is 1. The molecule has 0 unspecified atom stereocenters. The topological polar surface area (TPSA) is 68.3 Å². The van der Waals surface area contributed by atoms with E-state index in [0.29, 0.717) is 13.2 Å². The molecule has 0 aliphatic rings. The number of anilines is 1. The molecule has 1 aromatic rings. The number of nitrogens with one attached hydrogen (secondary N) is 1. The number of pyridine rings is 1. The van der Waals surface area contributed by atoms with Crippen LogP contribution < -0.4 is 5.32 Å². The van der Waals surface area contributed by atoms with Gasteiger partial charge in [0, 0.05) is 23.5 Å². The monoisotopic (exact) mass is 336 g/mol. The second kappa shape index (κ2) is 7.06. The third-order valence-electron chi connectivity index (χ3n) is 2.20. The van der Waals surface area contributed by atoms with Crippen LogP contribution in [0, 0.1) is 6.92 Å². The average Bonchev–Trinajstić information content (AvgIpc) is 2.26. The van der Waals surface area contributed by atoms with Crippen molar-refractivity contribution in [3.05, 3.63) is 22.3 Å². The van der Waals surface area contributed by atoms with Gasteiger partial charge in [0.25, 0.3) is 0 Å². The zero-order chi connectivity index (χ0) is 13.6. The maximum Gasteiger partial charge on any atom is 0.149 e. The molecule has 0 bridgehead atoms. The summed E-state index contributed by atoms with van der Waals surface area (Å²) in [7, 11) is -2.94. The smallest absolute Gasteiger partial charge is 0.149 e. The summed E-state index contributed by atoms with van der Waals surface area (Å²) in [4.78, 5) is 4.19. The summed E-state index contributed by atoms with van der Waals surface area (Å²) in [6.07, 6.45) is 2.94. The molecule has 0 aromatic carbocycles. The summed E-state index contributed by atoms with van der Waals surface area (Å²) in [5.41, 5.74) is 1.10. The van der Waals surface area contributed by atoms with Crippen molar-refractivity contribution in [2.75, 3.05) is 37.1 Å². The van der Waals surface area contributed by atoms with Crippen LogP contribution in [-0.2, 0) is 14.6 Å². The summed E-state index contributed by atoms with van der Waals surface area (Å²) in [5.74, 6) is 0.838. The van der Waals surface area contributed by atoms with E-state index in [1.807, 2.05) is 13.0 Å². The van der Waals surface area contributed by atoms with Crippen molar-refractivity contribution < 1.29 is 13.2 Å². The third-order valence-corrected chi connectivity index (χ3v) is 3.94. The highest BCUT2D eigenvalue weighted by molar-refractivity contribution is 9.10. The first-order valence-corrected chi connectivity index (χ1v) is 8.35. The van der Waals surface area contributed by atoms with Crippen LogP contribution >= 0.6 is 15.9 Å². The van der Waals surface area contributed by atoms with Crippen LogP contribution in [0.5, 0.6) is 0 Å². The van der Waals surface area contributed by atoms with Crippen LogP contribution in [0.25, 0.3) is 0 Å². The predicted molar refractivity (Wildman–Crippen MR) is 75.7 cm³/mol. The number of halogens is 1. The fourth-order valence-electron chi connectivity index (χ4n) is 1.20. The number of nitrogens with zero attached hydrogens (tertiary/aromatic N) is 1. The van der Waals surface area contributed by atoms with E-state index in [1.54, 1.807) is 6.20 Å². The van der Waals surface area contributed by atoms with Gasteiger partial charge in [-0.2, -0.15) is 0 Å². The zero-order valence-corrected chi connectivity index (χ0v) is 12.8. The van der Waals surface area contributed by atoms with E-state index in [2.05, 4.69) is 26.2 Å². The van der Waals surface area contributed by atoms with Gasteiger partial charge in [-0.15, -0.1) is 0 Å². The molecule has 0 spiro atoms. The highest BCUT2D eigenvalue weighted by Crippen LogP contribution is 2.16. The van der Waals surface area contributed by atoms with E-state index in [0.717, 1.165) is 15.9 Å². The second-order valence-corrected chi connectivity index (χ2v) is 7.10. The molecule has 1 aromatic heterocycles. The third kappa shape index (κ3) is 6.32. The molecule has 0 atom stereocenters. The zero-order valence-electron chi connectivity index (χ0n) is 10.4. The van der Waals surface area contributed by atoms with Crippen LogP contribution in [0.15, 0.2) is 16.7 Å². The Kier molecular flexibility index (Phi) is 6.04. The summed E-state index contributed by atoms with van der Waals surface area (Å²) in [5, 5.41) is 3.10. The van der Waals surface area contributed by atoms with E-state index >= 15 is 0 Å². The lowest BCUT2D eigenvalue weighted by atomic mass is 10.3. The van der Waals surface area contributed by atoms with Gasteiger partial charge >= 0.3 is 0 Å². The molecule has 0 amide bonds. The molecular weight excluding hydrogens is 320 g/mol. The van der Waals surface area contributed by atoms with E-state index < -0.39 is 9.84 Å². The van der Waals surface area contributed by atoms with E-state index in [-0.39, 0.29) is 12.4 Å². The quantitative estimate of drug-likeness (QED) is 0.766. The maximum absolute atomic E-state index is 10.8. The van der Waals surface area contributed by atoms with E-state index in [9.17, 15) is 8.42 Å². The Labute approximate surface area is 116 Å². The molecular formula is C11H17BrN2O3S. The number of hydrogen-bond acceptors (Lipinski definition) is 5. The van der Waals surface area contributed by atoms with Crippen molar-refractivity contribution >= 4 is 31.6 Å². The van der Waals surface area contributed by atoms with Gasteiger partial charge in [0.05, 0.1) is 19.0 Å². The first-order chi connectivity index (χ1) is 8.38. The molecule has 7 heteroatoms. The minimum atomic E-state index is -2.94. The molecule has 0 saturated carbocycles. The van der Waals surface area contributed by atoms with E-state index in [4.69, 9.17) is 4.74 Å². The molecule has 0 aliphatic heterocycles. The summed E-state index contributed by atoms with van der Waals surface area (Å²) < 4.78 is 27.9. The molecule has 1 rings (SSSR count). The number of aromatic nitrogens is 1. The van der Waals surface area contributed by atoms with Crippen LogP contribution in [0.2, 0.25) is 0 Å². The molecule has 0 radical (unpaired) electrons. The Morgan fingerprint density at radius 3 is 2.78 bits per heavy atom. The predicted octanol–water partition coefficient (Wildman–Crippen LogP) is 1.63. The molecule has 1 heterocycles. The number of hydrogen-bond donors (Lipinski definition) is 1. The fourth-order valence-corrected chi connectivity index (χ4v) is 1.84. The molecule has 0 fully saturated rings. The minimum Gasteiger partial charge on any atom is -0.379 e. The Morgan fingerprint density at radius 2 is 2.17 bits per heavy atom. The standard InChI is InChI=1S/C11H17BrN2O3S/c1-9-7-11(14-8-10(9)12)13-3-4-17-5-6-18(2,15)16/h7-8H,3-6H2,1-2H3,(H,13,14). The molecule has 5 nitrogen and oxygen atoms in total. The Hall–Kier alpha value is -0.660. The fraction of sp³-hybridized carbons (Fsp3) is 0.545. The molecule has 0 saturated heterocycles. The van der Waals surface area contributed by atoms with Gasteiger partial charge in [-0.25, -0.2) is 13.4 Å². The largest absolute Gasteiger partial charge is 0.379 e. The maximum atomic E-state index is 10.8. The van der Waals surface area contributed by atoms with E-state index in [1.165, 1.54) is 6.26 Å². The van der Waals surface area contributed by atoms with Gasteiger partial charge in [-0.1, -0.05) is 0 Å². The molecule has 18 heavy (non-hydrogen) atoms. The van der Waals surface area contributed by atoms with Crippen molar-refractivity contribution in [2.45, 2.75) is 6.92 Å². The SMILES string of the molecule is Cc1cc(NCCOCCS(C)(=O)=O)ncc1Br. The van der Waals surface area contributed by atoms with Crippen LogP contribution in [0.3, 0.4) is 0 Å². The lowest BCUT2D eigenvalue weighted by molar-refractivity contribution is 0.159. The first-order valence-electron chi connectivity index (χ1n) is 5.50. The number of ether oxygens (including phenoxy) is 1. The highest BCUT2D eigenvalue weighted by atomic mass is 79.9. The molecule has 1 N–H and O–H groups in total. The highest BCUT2D eigenvalue weighted by Gasteiger charge is 2.01. The van der Waals surface area contributed by atoms with Crippen molar-refractivity contribution in [3.8, 4) is 0 Å². The van der Waals surface area contributed by atoms with Crippen LogP contribution in [-0.4, -0.2) is 45.2 Å². The van der Waals surface area contributed by atoms with Crippen molar-refractivity contribution in [3.63, 3.8) is 0 Å². The van der Waals surface area contributed by atoms with Crippen molar-refractivity contribution in [2.24, 2.45) is 0 Å². The van der Waals surface area contributed by atoms with Gasteiger partial charge in [0.2, 0.25) is 0 Å². The lowest BCUT2D eigenvalue weighted by Gasteiger charge is -2.07. The number of rotatable bonds is 7. The van der Waals surface area contributed by atoms with Crippen molar-refractivity contribution in [1.82, 2.24) is 4.98 Å². The van der Waals surface area contributed by atoms with Gasteiger partial charge in [-0.05, 0) is 34.5 Å². The summed E-state index contributed by atoms with van der Waals surface area (Å²) in [6.45, 7) is 3.26. The normalized spacial score (nSPS) is 11.5.